The van der Waals surface area contributed by atoms with Gasteiger partial charge in [0, 0.05) is 23.8 Å². The monoisotopic (exact) mass is 430 g/mol. The second-order valence-corrected chi connectivity index (χ2v) is 7.81. The van der Waals surface area contributed by atoms with Crippen LogP contribution < -0.4 is 5.32 Å². The molecule has 0 spiro atoms. The lowest BCUT2D eigenvalue weighted by atomic mass is 10.1. The Kier molecular flexibility index (Phi) is 6.37. The summed E-state index contributed by atoms with van der Waals surface area (Å²) in [7, 11) is 0. The summed E-state index contributed by atoms with van der Waals surface area (Å²) in [6.07, 6.45) is 5.74. The first-order valence-electron chi connectivity index (χ1n) is 9.95. The number of anilines is 1. The van der Waals surface area contributed by atoms with Gasteiger partial charge in [0.15, 0.2) is 11.0 Å². The highest BCUT2D eigenvalue weighted by molar-refractivity contribution is 7.99. The number of para-hydroxylation sites is 2. The minimum absolute atomic E-state index is 0.0855. The Hall–Kier alpha value is -3.52. The van der Waals surface area contributed by atoms with Gasteiger partial charge in [0.2, 0.25) is 5.91 Å². The Balaban J connectivity index is 1.58. The predicted molar refractivity (Wildman–Crippen MR) is 122 cm³/mol. The molecule has 0 aliphatic heterocycles. The molecule has 0 bridgehead atoms. The SMILES string of the molecule is CCc1cccc(C)c1NC(=O)CSc1nnc(-c2cnccn2)n1-c1ccccc1. The van der Waals surface area contributed by atoms with E-state index in [0.717, 1.165) is 28.9 Å². The summed E-state index contributed by atoms with van der Waals surface area (Å²) in [6.45, 7) is 4.08. The van der Waals surface area contributed by atoms with Gasteiger partial charge in [-0.05, 0) is 36.6 Å². The van der Waals surface area contributed by atoms with Crippen LogP contribution in [0.15, 0.2) is 72.3 Å². The summed E-state index contributed by atoms with van der Waals surface area (Å²) in [5.74, 6) is 0.704. The Morgan fingerprint density at radius 2 is 1.90 bits per heavy atom. The van der Waals surface area contributed by atoms with E-state index < -0.39 is 0 Å². The summed E-state index contributed by atoms with van der Waals surface area (Å²) >= 11 is 1.33. The van der Waals surface area contributed by atoms with E-state index in [2.05, 4.69) is 32.4 Å². The topological polar surface area (TPSA) is 85.6 Å². The van der Waals surface area contributed by atoms with E-state index in [0.29, 0.717) is 16.7 Å². The van der Waals surface area contributed by atoms with Gasteiger partial charge in [-0.1, -0.05) is 55.1 Å². The fourth-order valence-electron chi connectivity index (χ4n) is 3.26. The maximum atomic E-state index is 12.7. The first-order chi connectivity index (χ1) is 15.2. The first-order valence-corrected chi connectivity index (χ1v) is 10.9. The average Bonchev–Trinajstić information content (AvgIpc) is 3.24. The second-order valence-electron chi connectivity index (χ2n) is 6.87. The van der Waals surface area contributed by atoms with Gasteiger partial charge in [0.1, 0.15) is 5.69 Å². The standard InChI is InChI=1S/C23H22N6OS/c1-3-17-9-7-8-16(2)21(17)26-20(30)15-31-23-28-27-22(19-14-24-12-13-25-19)29(23)18-10-5-4-6-11-18/h4-14H,3,15H2,1-2H3,(H,26,30). The number of nitrogens with zero attached hydrogens (tertiary/aromatic N) is 5. The number of nitrogens with one attached hydrogen (secondary N) is 1. The van der Waals surface area contributed by atoms with Gasteiger partial charge in [0.05, 0.1) is 11.9 Å². The number of aromatic nitrogens is 5. The van der Waals surface area contributed by atoms with Crippen molar-refractivity contribution in [2.45, 2.75) is 25.4 Å². The summed E-state index contributed by atoms with van der Waals surface area (Å²) in [5, 5.41) is 12.3. The largest absolute Gasteiger partial charge is 0.325 e. The lowest BCUT2D eigenvalue weighted by Gasteiger charge is -2.13. The zero-order chi connectivity index (χ0) is 21.6. The molecule has 4 aromatic rings. The smallest absolute Gasteiger partial charge is 0.234 e. The molecular weight excluding hydrogens is 408 g/mol. The van der Waals surface area contributed by atoms with Crippen LogP contribution >= 0.6 is 11.8 Å². The molecular formula is C23H22N6OS. The second kappa shape index (κ2) is 9.53. The quantitative estimate of drug-likeness (QED) is 0.439. The summed E-state index contributed by atoms with van der Waals surface area (Å²) in [4.78, 5) is 21.2. The number of aryl methyl sites for hydroxylation is 2. The van der Waals surface area contributed by atoms with Crippen LogP contribution in [0, 0.1) is 6.92 Å². The zero-order valence-electron chi connectivity index (χ0n) is 17.3. The van der Waals surface area contributed by atoms with Gasteiger partial charge in [-0.15, -0.1) is 10.2 Å². The molecule has 1 amide bonds. The Bertz CT molecular complexity index is 1180. The lowest BCUT2D eigenvalue weighted by molar-refractivity contribution is -0.113. The number of benzene rings is 2. The minimum Gasteiger partial charge on any atom is -0.325 e. The van der Waals surface area contributed by atoms with Gasteiger partial charge >= 0.3 is 0 Å². The van der Waals surface area contributed by atoms with Crippen LogP contribution in [0.3, 0.4) is 0 Å². The molecule has 0 saturated heterocycles. The maximum absolute atomic E-state index is 12.7. The maximum Gasteiger partial charge on any atom is 0.234 e. The van der Waals surface area contributed by atoms with Crippen molar-refractivity contribution in [3.8, 4) is 17.2 Å². The Morgan fingerprint density at radius 1 is 1.06 bits per heavy atom. The highest BCUT2D eigenvalue weighted by atomic mass is 32.2. The molecule has 0 saturated carbocycles. The number of amides is 1. The van der Waals surface area contributed by atoms with E-state index in [1.165, 1.54) is 11.8 Å². The highest BCUT2D eigenvalue weighted by Gasteiger charge is 2.18. The van der Waals surface area contributed by atoms with Crippen LogP contribution in [0.25, 0.3) is 17.2 Å². The van der Waals surface area contributed by atoms with Gasteiger partial charge < -0.3 is 5.32 Å². The van der Waals surface area contributed by atoms with Crippen LogP contribution in [0.1, 0.15) is 18.1 Å². The summed E-state index contributed by atoms with van der Waals surface area (Å²) in [6, 6.07) is 15.8. The van der Waals surface area contributed by atoms with Crippen LogP contribution in [0.4, 0.5) is 5.69 Å². The Morgan fingerprint density at radius 3 is 2.65 bits per heavy atom. The third kappa shape index (κ3) is 4.64. The highest BCUT2D eigenvalue weighted by Crippen LogP contribution is 2.27. The molecule has 156 valence electrons. The van der Waals surface area contributed by atoms with E-state index >= 15 is 0 Å². The van der Waals surface area contributed by atoms with Crippen molar-refractivity contribution in [3.05, 3.63) is 78.2 Å². The van der Waals surface area contributed by atoms with E-state index in [1.54, 1.807) is 18.6 Å². The van der Waals surface area contributed by atoms with E-state index in [4.69, 9.17) is 0 Å². The number of carbonyl (C=O) groups is 1. The van der Waals surface area contributed by atoms with Crippen molar-refractivity contribution < 1.29 is 4.79 Å². The fourth-order valence-corrected chi connectivity index (χ4v) is 4.01. The number of hydrogen-bond donors (Lipinski definition) is 1. The number of hydrogen-bond acceptors (Lipinski definition) is 6. The third-order valence-corrected chi connectivity index (χ3v) is 5.71. The van der Waals surface area contributed by atoms with Crippen LogP contribution in [0.5, 0.6) is 0 Å². The number of rotatable bonds is 7. The van der Waals surface area contributed by atoms with Gasteiger partial charge in [0.25, 0.3) is 0 Å². The van der Waals surface area contributed by atoms with Gasteiger partial charge in [-0.2, -0.15) is 0 Å². The molecule has 0 atom stereocenters. The van der Waals surface area contributed by atoms with E-state index in [-0.39, 0.29) is 11.7 Å². The number of thioether (sulfide) groups is 1. The van der Waals surface area contributed by atoms with Gasteiger partial charge in [-0.25, -0.2) is 4.98 Å². The average molecular weight is 431 g/mol. The van der Waals surface area contributed by atoms with E-state index in [1.807, 2.05) is 60.0 Å². The predicted octanol–water partition coefficient (Wildman–Crippen LogP) is 4.33. The molecule has 0 radical (unpaired) electrons. The minimum atomic E-state index is -0.0855. The van der Waals surface area contributed by atoms with Crippen molar-refractivity contribution in [1.29, 1.82) is 0 Å². The molecule has 4 rings (SSSR count). The van der Waals surface area contributed by atoms with Crippen molar-refractivity contribution in [3.63, 3.8) is 0 Å². The van der Waals surface area contributed by atoms with Crippen molar-refractivity contribution in [2.75, 3.05) is 11.1 Å². The molecule has 2 heterocycles. The van der Waals surface area contributed by atoms with Crippen molar-refractivity contribution >= 4 is 23.4 Å². The molecule has 31 heavy (non-hydrogen) atoms. The third-order valence-electron chi connectivity index (χ3n) is 4.78. The molecule has 0 unspecified atom stereocenters. The van der Waals surface area contributed by atoms with Crippen molar-refractivity contribution in [1.82, 2.24) is 24.7 Å². The number of carbonyl (C=O) groups excluding carboxylic acids is 1. The molecule has 0 aliphatic rings. The summed E-state index contributed by atoms with van der Waals surface area (Å²) in [5.41, 5.74) is 4.57. The molecule has 0 fully saturated rings. The first kappa shape index (κ1) is 20.7. The fraction of sp³-hybridized carbons (Fsp3) is 0.174. The Labute approximate surface area is 185 Å². The molecule has 2 aromatic heterocycles. The van der Waals surface area contributed by atoms with Gasteiger partial charge in [-0.3, -0.25) is 14.3 Å². The van der Waals surface area contributed by atoms with E-state index in [9.17, 15) is 4.79 Å². The molecule has 8 heteroatoms. The van der Waals surface area contributed by atoms with Crippen LogP contribution in [-0.4, -0.2) is 36.4 Å². The van der Waals surface area contributed by atoms with Crippen molar-refractivity contribution in [2.24, 2.45) is 0 Å². The summed E-state index contributed by atoms with van der Waals surface area (Å²) < 4.78 is 1.90. The zero-order valence-corrected chi connectivity index (χ0v) is 18.1. The molecule has 1 N–H and O–H groups in total. The molecule has 0 aliphatic carbocycles. The van der Waals surface area contributed by atoms with Crippen LogP contribution in [0.2, 0.25) is 0 Å². The lowest BCUT2D eigenvalue weighted by Crippen LogP contribution is -2.16. The van der Waals surface area contributed by atoms with Crippen LogP contribution in [-0.2, 0) is 11.2 Å². The molecule has 2 aromatic carbocycles. The molecule has 7 nitrogen and oxygen atoms in total. The normalized spacial score (nSPS) is 10.8.